The molecule has 0 radical (unpaired) electrons. The Morgan fingerprint density at radius 1 is 1.38 bits per heavy atom. The number of sulfonamides is 1. The van der Waals surface area contributed by atoms with E-state index in [1.165, 1.54) is 14.0 Å². The van der Waals surface area contributed by atoms with Gasteiger partial charge >= 0.3 is 0 Å². The third-order valence-electron chi connectivity index (χ3n) is 4.06. The second kappa shape index (κ2) is 8.88. The number of ether oxygens (including phenoxy) is 1. The van der Waals surface area contributed by atoms with E-state index in [-0.39, 0.29) is 33.7 Å². The van der Waals surface area contributed by atoms with Gasteiger partial charge in [-0.15, -0.1) is 0 Å². The standard InChI is InChI=1S/C18H16ClF2N7O3S/c1-8(19)6-11(18(23-2)31-3)32(29,30)28-10-5-4-9(20)12(13(10)21)16-26-14-15(22)24-7-25-17(14)27-16/h4-7,28H,2H2,1,3H3,(H3,22,24,25,26,27)/b8-6+,18-11-. The molecule has 168 valence electrons. The number of allylic oxidation sites excluding steroid dienone is 2. The van der Waals surface area contributed by atoms with Crippen molar-refractivity contribution in [2.24, 2.45) is 4.99 Å². The fraction of sp³-hybridized carbons (Fsp3) is 0.111. The first kappa shape index (κ1) is 23.1. The summed E-state index contributed by atoms with van der Waals surface area (Å²) in [5.74, 6) is -2.87. The van der Waals surface area contributed by atoms with Crippen LogP contribution in [0.2, 0.25) is 0 Å². The van der Waals surface area contributed by atoms with Crippen LogP contribution in [0.3, 0.4) is 0 Å². The van der Waals surface area contributed by atoms with Crippen LogP contribution in [0, 0.1) is 11.6 Å². The molecule has 10 nitrogen and oxygen atoms in total. The summed E-state index contributed by atoms with van der Waals surface area (Å²) in [6.45, 7) is 4.65. The van der Waals surface area contributed by atoms with E-state index in [0.717, 1.165) is 24.5 Å². The summed E-state index contributed by atoms with van der Waals surface area (Å²) >= 11 is 5.81. The van der Waals surface area contributed by atoms with Gasteiger partial charge in [0, 0.05) is 5.03 Å². The summed E-state index contributed by atoms with van der Waals surface area (Å²) in [5, 5.41) is 0.0739. The van der Waals surface area contributed by atoms with Crippen LogP contribution < -0.4 is 10.5 Å². The van der Waals surface area contributed by atoms with Crippen molar-refractivity contribution in [3.8, 4) is 11.4 Å². The highest BCUT2D eigenvalue weighted by atomic mass is 35.5. The number of H-pyrrole nitrogens is 1. The van der Waals surface area contributed by atoms with Gasteiger partial charge in [-0.05, 0) is 31.9 Å². The molecule has 0 atom stereocenters. The number of halogens is 3. The van der Waals surface area contributed by atoms with Crippen LogP contribution in [0.25, 0.3) is 22.6 Å². The summed E-state index contributed by atoms with van der Waals surface area (Å²) in [7, 11) is -3.31. The topological polar surface area (TPSA) is 148 Å². The van der Waals surface area contributed by atoms with Crippen LogP contribution in [0.4, 0.5) is 20.3 Å². The maximum Gasteiger partial charge on any atom is 0.267 e. The van der Waals surface area contributed by atoms with Crippen LogP contribution in [0.5, 0.6) is 0 Å². The summed E-state index contributed by atoms with van der Waals surface area (Å²) in [5.41, 5.74) is 4.76. The maximum atomic E-state index is 15.3. The van der Waals surface area contributed by atoms with Crippen molar-refractivity contribution >= 4 is 51.0 Å². The van der Waals surface area contributed by atoms with Gasteiger partial charge in [-0.3, -0.25) is 4.72 Å². The van der Waals surface area contributed by atoms with Gasteiger partial charge in [-0.1, -0.05) is 11.6 Å². The molecule has 14 heteroatoms. The Kier molecular flexibility index (Phi) is 6.41. The van der Waals surface area contributed by atoms with Gasteiger partial charge in [0.15, 0.2) is 22.2 Å². The Hall–Kier alpha value is -3.58. The molecule has 0 aliphatic heterocycles. The largest absolute Gasteiger partial charge is 0.480 e. The Morgan fingerprint density at radius 2 is 2.09 bits per heavy atom. The van der Waals surface area contributed by atoms with E-state index in [1.807, 2.05) is 4.72 Å². The molecule has 0 aliphatic carbocycles. The van der Waals surface area contributed by atoms with Crippen molar-refractivity contribution in [3.63, 3.8) is 0 Å². The van der Waals surface area contributed by atoms with Crippen molar-refractivity contribution in [2.75, 3.05) is 17.6 Å². The third-order valence-corrected chi connectivity index (χ3v) is 5.53. The molecular weight excluding hydrogens is 468 g/mol. The minimum Gasteiger partial charge on any atom is -0.480 e. The fourth-order valence-electron chi connectivity index (χ4n) is 2.69. The molecule has 3 rings (SSSR count). The monoisotopic (exact) mass is 483 g/mol. The highest BCUT2D eigenvalue weighted by molar-refractivity contribution is 7.96. The van der Waals surface area contributed by atoms with Crippen molar-refractivity contribution < 1.29 is 21.9 Å². The predicted octanol–water partition coefficient (Wildman–Crippen LogP) is 3.28. The number of anilines is 2. The predicted molar refractivity (Wildman–Crippen MR) is 117 cm³/mol. The smallest absolute Gasteiger partial charge is 0.267 e. The molecule has 0 fully saturated rings. The van der Waals surface area contributed by atoms with Crippen molar-refractivity contribution in [2.45, 2.75) is 6.92 Å². The average molecular weight is 484 g/mol. The molecule has 0 unspecified atom stereocenters. The summed E-state index contributed by atoms with van der Waals surface area (Å²) in [6, 6.07) is 1.78. The van der Waals surface area contributed by atoms with Gasteiger partial charge in [-0.2, -0.15) is 0 Å². The lowest BCUT2D eigenvalue weighted by atomic mass is 10.1. The lowest BCUT2D eigenvalue weighted by molar-refractivity contribution is 0.288. The van der Waals surface area contributed by atoms with Gasteiger partial charge in [0.05, 0.1) is 18.4 Å². The fourth-order valence-corrected chi connectivity index (χ4v) is 4.13. The van der Waals surface area contributed by atoms with Crippen LogP contribution >= 0.6 is 11.6 Å². The number of fused-ring (bicyclic) bond motifs is 1. The number of aromatic nitrogens is 4. The van der Waals surface area contributed by atoms with Gasteiger partial charge < -0.3 is 15.5 Å². The van der Waals surface area contributed by atoms with Crippen molar-refractivity contribution in [1.29, 1.82) is 0 Å². The van der Waals surface area contributed by atoms with E-state index in [9.17, 15) is 12.8 Å². The van der Waals surface area contributed by atoms with Crippen LogP contribution in [0.15, 0.2) is 45.3 Å². The number of hydrogen-bond acceptors (Lipinski definition) is 8. The van der Waals surface area contributed by atoms with Crippen molar-refractivity contribution in [3.05, 3.63) is 52.0 Å². The van der Waals surface area contributed by atoms with Crippen LogP contribution in [-0.2, 0) is 14.8 Å². The summed E-state index contributed by atoms with van der Waals surface area (Å²) in [6.07, 6.45) is 2.18. The number of methoxy groups -OCH3 is 1. The maximum absolute atomic E-state index is 15.3. The molecule has 0 amide bonds. The lowest BCUT2D eigenvalue weighted by Gasteiger charge is -2.13. The number of aromatic amines is 1. The Bertz CT molecular complexity index is 1380. The van der Waals surface area contributed by atoms with E-state index in [2.05, 4.69) is 31.6 Å². The zero-order valence-corrected chi connectivity index (χ0v) is 18.2. The zero-order valence-electron chi connectivity index (χ0n) is 16.6. The molecule has 0 saturated carbocycles. The van der Waals surface area contributed by atoms with E-state index in [4.69, 9.17) is 22.1 Å². The van der Waals surface area contributed by atoms with E-state index < -0.39 is 37.8 Å². The molecule has 0 spiro atoms. The first-order valence-electron chi connectivity index (χ1n) is 8.65. The minimum absolute atomic E-state index is 0.0217. The first-order valence-corrected chi connectivity index (χ1v) is 10.5. The van der Waals surface area contributed by atoms with Crippen LogP contribution in [0.1, 0.15) is 6.92 Å². The lowest BCUT2D eigenvalue weighted by Crippen LogP contribution is -2.17. The molecular formula is C18H16ClF2N7O3S. The summed E-state index contributed by atoms with van der Waals surface area (Å²) < 4.78 is 62.5. The SMILES string of the molecule is C=N/C(OC)=C(\C=C(/C)Cl)S(=O)(=O)Nc1ccc(F)c(-c2nc3ncnc(N)c3[nH]2)c1F. The molecule has 32 heavy (non-hydrogen) atoms. The van der Waals surface area contributed by atoms with Gasteiger partial charge in [0.1, 0.15) is 23.5 Å². The van der Waals surface area contributed by atoms with Gasteiger partial charge in [-0.25, -0.2) is 37.1 Å². The van der Waals surface area contributed by atoms with E-state index in [1.54, 1.807) is 0 Å². The molecule has 0 aliphatic rings. The second-order valence-corrected chi connectivity index (χ2v) is 8.44. The molecule has 0 bridgehead atoms. The summed E-state index contributed by atoms with van der Waals surface area (Å²) in [4.78, 5) is 17.3. The average Bonchev–Trinajstić information content (AvgIpc) is 3.15. The number of imidazole rings is 1. The quantitative estimate of drug-likeness (QED) is 0.265. The first-order chi connectivity index (χ1) is 15.1. The van der Waals surface area contributed by atoms with Gasteiger partial charge in [0.25, 0.3) is 10.0 Å². The van der Waals surface area contributed by atoms with Gasteiger partial charge in [0.2, 0.25) is 5.88 Å². The number of benzene rings is 1. The molecule has 3 aromatic rings. The number of nitrogens with two attached hydrogens (primary N) is 1. The molecule has 0 saturated heterocycles. The molecule has 1 aromatic carbocycles. The number of nitrogens with zero attached hydrogens (tertiary/aromatic N) is 4. The van der Waals surface area contributed by atoms with Crippen LogP contribution in [-0.4, -0.2) is 42.2 Å². The number of nitrogen functional groups attached to an aromatic ring is 1. The third kappa shape index (κ3) is 4.38. The molecule has 2 heterocycles. The number of aliphatic imine (C=N–C) groups is 1. The Balaban J connectivity index is 2.14. The number of nitrogens with one attached hydrogen (secondary N) is 2. The Morgan fingerprint density at radius 3 is 2.69 bits per heavy atom. The normalized spacial score (nSPS) is 13.1. The number of hydrogen-bond donors (Lipinski definition) is 3. The zero-order chi connectivity index (χ0) is 23.6. The highest BCUT2D eigenvalue weighted by Crippen LogP contribution is 2.32. The van der Waals surface area contributed by atoms with E-state index >= 15 is 4.39 Å². The minimum atomic E-state index is -4.48. The Labute approximate surface area is 186 Å². The van der Waals surface area contributed by atoms with E-state index in [0.29, 0.717) is 0 Å². The molecule has 4 N–H and O–H groups in total. The second-order valence-electron chi connectivity index (χ2n) is 6.20. The molecule has 2 aromatic heterocycles. The van der Waals surface area contributed by atoms with Crippen molar-refractivity contribution in [1.82, 2.24) is 19.9 Å². The number of rotatable bonds is 7. The highest BCUT2D eigenvalue weighted by Gasteiger charge is 2.26.